The Morgan fingerprint density at radius 2 is 1.86 bits per heavy atom. The summed E-state index contributed by atoms with van der Waals surface area (Å²) in [5, 5.41) is 22.9. The number of ether oxygens (including phenoxy) is 1. The summed E-state index contributed by atoms with van der Waals surface area (Å²) in [5.41, 5.74) is -0.325. The van der Waals surface area contributed by atoms with Crippen LogP contribution < -0.4 is 10.1 Å². The third kappa shape index (κ3) is 3.51. The molecule has 0 saturated heterocycles. The van der Waals surface area contributed by atoms with Crippen molar-refractivity contribution in [1.29, 1.82) is 0 Å². The third-order valence-electron chi connectivity index (χ3n) is 2.81. The first-order chi connectivity index (χ1) is 10.0. The highest BCUT2D eigenvalue weighted by Crippen LogP contribution is 2.33. The van der Waals surface area contributed by atoms with Gasteiger partial charge in [0.15, 0.2) is 5.69 Å². The molecule has 1 amide bonds. The number of rotatable bonds is 4. The zero-order valence-electron chi connectivity index (χ0n) is 11.1. The number of carbonyl (C=O) groups is 1. The van der Waals surface area contributed by atoms with Gasteiger partial charge in [0.05, 0.1) is 12.0 Å². The molecule has 7 heteroatoms. The minimum atomic E-state index is -0.677. The number of nitrogens with zero attached hydrogens (tertiary/aromatic N) is 1. The molecule has 0 bridgehead atoms. The number of para-hydroxylation sites is 1. The Kier molecular flexibility index (Phi) is 5.45. The van der Waals surface area contributed by atoms with Crippen LogP contribution in [-0.2, 0) is 0 Å². The molecule has 2 aromatic rings. The summed E-state index contributed by atoms with van der Waals surface area (Å²) in [6, 6.07) is 10.00. The van der Waals surface area contributed by atoms with Gasteiger partial charge in [-0.15, -0.1) is 0 Å². The van der Waals surface area contributed by atoms with Crippen molar-refractivity contribution in [3.63, 3.8) is 0 Å². The topological polar surface area (TPSA) is 102 Å². The number of hydrogen-bond donors (Lipinski definition) is 2. The molecule has 2 rings (SSSR count). The van der Waals surface area contributed by atoms with Crippen molar-refractivity contribution < 1.29 is 19.6 Å². The van der Waals surface area contributed by atoms with Gasteiger partial charge in [0.2, 0.25) is 0 Å². The second-order valence-electron chi connectivity index (χ2n) is 4.11. The van der Waals surface area contributed by atoms with Gasteiger partial charge >= 0.3 is 0 Å². The lowest BCUT2D eigenvalue weighted by Gasteiger charge is -2.08. The normalized spacial score (nSPS) is 9.50. The Morgan fingerprint density at radius 1 is 1.23 bits per heavy atom. The standard InChI is InChI=1S/C14H12N2O5.CH4/c1-21-10-7-5-9(6-8-10)14(18)15-13-11(16(19)20)3-2-4-12(13)17;/h2-8,17H,1H3,(H,15,18);1H4. The van der Waals surface area contributed by atoms with Crippen molar-refractivity contribution >= 4 is 17.3 Å². The molecule has 22 heavy (non-hydrogen) atoms. The van der Waals surface area contributed by atoms with Crippen molar-refractivity contribution in [2.75, 3.05) is 12.4 Å². The molecule has 0 aliphatic rings. The van der Waals surface area contributed by atoms with Crippen LogP contribution in [0.15, 0.2) is 42.5 Å². The van der Waals surface area contributed by atoms with Crippen molar-refractivity contribution in [2.45, 2.75) is 7.43 Å². The fraction of sp³-hybridized carbons (Fsp3) is 0.133. The number of hydrogen-bond acceptors (Lipinski definition) is 5. The number of nitro benzene ring substituents is 1. The smallest absolute Gasteiger partial charge is 0.296 e. The van der Waals surface area contributed by atoms with Crippen LogP contribution in [0, 0.1) is 10.1 Å². The minimum absolute atomic E-state index is 0. The SMILES string of the molecule is C.COc1ccc(C(=O)Nc2c(O)cccc2[N+](=O)[O-])cc1. The number of nitro groups is 1. The number of carbonyl (C=O) groups excluding carboxylic acids is 1. The number of phenolic OH excluding ortho intramolecular Hbond substituents is 1. The maximum Gasteiger partial charge on any atom is 0.296 e. The van der Waals surface area contributed by atoms with Gasteiger partial charge in [-0.3, -0.25) is 14.9 Å². The molecular weight excluding hydrogens is 288 g/mol. The van der Waals surface area contributed by atoms with Gasteiger partial charge in [-0.1, -0.05) is 13.5 Å². The van der Waals surface area contributed by atoms with Gasteiger partial charge in [-0.2, -0.15) is 0 Å². The van der Waals surface area contributed by atoms with E-state index in [-0.39, 0.29) is 30.1 Å². The van der Waals surface area contributed by atoms with Crippen LogP contribution in [0.4, 0.5) is 11.4 Å². The van der Waals surface area contributed by atoms with Crippen LogP contribution in [0.25, 0.3) is 0 Å². The number of benzene rings is 2. The number of nitrogens with one attached hydrogen (secondary N) is 1. The molecule has 2 aromatic carbocycles. The van der Waals surface area contributed by atoms with Crippen LogP contribution in [0.3, 0.4) is 0 Å². The lowest BCUT2D eigenvalue weighted by molar-refractivity contribution is -0.384. The highest BCUT2D eigenvalue weighted by Gasteiger charge is 2.20. The molecule has 0 saturated carbocycles. The van der Waals surface area contributed by atoms with E-state index in [0.717, 1.165) is 0 Å². The number of phenols is 1. The summed E-state index contributed by atoms with van der Waals surface area (Å²) in [5.74, 6) is -0.353. The van der Waals surface area contributed by atoms with E-state index in [1.54, 1.807) is 12.1 Å². The molecule has 116 valence electrons. The first-order valence-electron chi connectivity index (χ1n) is 5.94. The predicted octanol–water partition coefficient (Wildman–Crippen LogP) is 3.20. The van der Waals surface area contributed by atoms with Crippen molar-refractivity contribution in [2.24, 2.45) is 0 Å². The van der Waals surface area contributed by atoms with Gasteiger partial charge < -0.3 is 15.2 Å². The van der Waals surface area contributed by atoms with Gasteiger partial charge in [0, 0.05) is 11.6 Å². The highest BCUT2D eigenvalue weighted by molar-refractivity contribution is 6.06. The van der Waals surface area contributed by atoms with Gasteiger partial charge in [0.1, 0.15) is 11.5 Å². The quantitative estimate of drug-likeness (QED) is 0.513. The molecule has 0 aliphatic carbocycles. The van der Waals surface area contributed by atoms with E-state index in [4.69, 9.17) is 4.74 Å². The van der Waals surface area contributed by atoms with E-state index in [0.29, 0.717) is 5.75 Å². The number of aromatic hydroxyl groups is 1. The maximum absolute atomic E-state index is 12.1. The fourth-order valence-corrected chi connectivity index (χ4v) is 1.74. The van der Waals surface area contributed by atoms with Crippen LogP contribution in [0.1, 0.15) is 17.8 Å². The first kappa shape index (κ1) is 17.0. The molecule has 0 radical (unpaired) electrons. The Balaban J connectivity index is 0.00000242. The zero-order chi connectivity index (χ0) is 15.4. The Hall–Kier alpha value is -3.09. The molecule has 0 fully saturated rings. The second-order valence-corrected chi connectivity index (χ2v) is 4.11. The van der Waals surface area contributed by atoms with E-state index in [2.05, 4.69) is 5.32 Å². The fourth-order valence-electron chi connectivity index (χ4n) is 1.74. The van der Waals surface area contributed by atoms with Gasteiger partial charge in [-0.25, -0.2) is 0 Å². The molecule has 0 heterocycles. The molecule has 2 N–H and O–H groups in total. The van der Waals surface area contributed by atoms with Gasteiger partial charge in [-0.05, 0) is 30.3 Å². The summed E-state index contributed by atoms with van der Waals surface area (Å²) in [7, 11) is 1.50. The third-order valence-corrected chi connectivity index (χ3v) is 2.81. The largest absolute Gasteiger partial charge is 0.505 e. The minimum Gasteiger partial charge on any atom is -0.505 e. The second kappa shape index (κ2) is 7.07. The monoisotopic (exact) mass is 304 g/mol. The Labute approximate surface area is 127 Å². The van der Waals surface area contributed by atoms with Crippen LogP contribution in [0.2, 0.25) is 0 Å². The number of methoxy groups -OCH3 is 1. The maximum atomic E-state index is 12.1. The average Bonchev–Trinajstić information content (AvgIpc) is 2.49. The van der Waals surface area contributed by atoms with Crippen molar-refractivity contribution in [1.82, 2.24) is 0 Å². The lowest BCUT2D eigenvalue weighted by Crippen LogP contribution is -2.13. The van der Waals surface area contributed by atoms with E-state index in [1.807, 2.05) is 0 Å². The summed E-state index contributed by atoms with van der Waals surface area (Å²) in [4.78, 5) is 22.3. The summed E-state index contributed by atoms with van der Waals surface area (Å²) in [6.07, 6.45) is 0. The molecule has 0 spiro atoms. The molecule has 7 nitrogen and oxygen atoms in total. The van der Waals surface area contributed by atoms with Gasteiger partial charge in [0.25, 0.3) is 11.6 Å². The first-order valence-corrected chi connectivity index (χ1v) is 5.94. The summed E-state index contributed by atoms with van der Waals surface area (Å²) in [6.45, 7) is 0. The van der Waals surface area contributed by atoms with E-state index in [9.17, 15) is 20.0 Å². The van der Waals surface area contributed by atoms with E-state index < -0.39 is 10.8 Å². The molecule has 0 aromatic heterocycles. The summed E-state index contributed by atoms with van der Waals surface area (Å²) < 4.78 is 4.98. The number of amides is 1. The van der Waals surface area contributed by atoms with Crippen LogP contribution in [0.5, 0.6) is 11.5 Å². The van der Waals surface area contributed by atoms with E-state index >= 15 is 0 Å². The Morgan fingerprint density at radius 3 is 2.41 bits per heavy atom. The molecular formula is C15H16N2O5. The summed E-state index contributed by atoms with van der Waals surface area (Å²) >= 11 is 0. The van der Waals surface area contributed by atoms with Crippen LogP contribution >= 0.6 is 0 Å². The highest BCUT2D eigenvalue weighted by atomic mass is 16.6. The number of anilines is 1. The van der Waals surface area contributed by atoms with Crippen LogP contribution in [-0.4, -0.2) is 23.0 Å². The zero-order valence-corrected chi connectivity index (χ0v) is 11.1. The molecule has 0 atom stereocenters. The van der Waals surface area contributed by atoms with Crippen molar-refractivity contribution in [3.8, 4) is 11.5 Å². The Bertz CT molecular complexity index is 683. The lowest BCUT2D eigenvalue weighted by atomic mass is 10.2. The molecule has 0 unspecified atom stereocenters. The average molecular weight is 304 g/mol. The van der Waals surface area contributed by atoms with Crippen molar-refractivity contribution in [3.05, 3.63) is 58.1 Å². The van der Waals surface area contributed by atoms with E-state index in [1.165, 1.54) is 37.4 Å². The molecule has 0 aliphatic heterocycles. The predicted molar refractivity (Wildman–Crippen MR) is 82.4 cm³/mol.